The van der Waals surface area contributed by atoms with Crippen molar-refractivity contribution in [3.8, 4) is 0 Å². The van der Waals surface area contributed by atoms with E-state index in [-0.39, 0.29) is 39.7 Å². The fourth-order valence-corrected chi connectivity index (χ4v) is 7.19. The number of β-lactam (4-membered cyclic amide) rings is 1. The molecule has 3 atom stereocenters. The van der Waals surface area contributed by atoms with Gasteiger partial charge in [-0.15, -0.1) is 28.2 Å². The third kappa shape index (κ3) is 6.07. The molecule has 0 bridgehead atoms. The molecule has 2 aliphatic heterocycles. The van der Waals surface area contributed by atoms with E-state index in [0.29, 0.717) is 6.41 Å². The van der Waals surface area contributed by atoms with Crippen molar-refractivity contribution in [1.82, 2.24) is 35.4 Å². The molecule has 4 rings (SSSR count). The van der Waals surface area contributed by atoms with Gasteiger partial charge in [-0.1, -0.05) is 22.1 Å². The van der Waals surface area contributed by atoms with Gasteiger partial charge in [0.05, 0.1) is 6.54 Å². The number of carbonyl (C=O) groups excluding carboxylic acids is 3. The van der Waals surface area contributed by atoms with Gasteiger partial charge in [-0.05, 0) is 10.4 Å². The van der Waals surface area contributed by atoms with Gasteiger partial charge in [-0.3, -0.25) is 19.2 Å². The van der Waals surface area contributed by atoms with Gasteiger partial charge < -0.3 is 35.8 Å². The Morgan fingerprint density at radius 2 is 2.15 bits per heavy atom. The van der Waals surface area contributed by atoms with Crippen LogP contribution in [0.2, 0.25) is 0 Å². The zero-order valence-corrected chi connectivity index (χ0v) is 23.2. The highest BCUT2D eigenvalue weighted by Gasteiger charge is 2.57. The maximum Gasteiger partial charge on any atom is 0.355 e. The van der Waals surface area contributed by atoms with Crippen molar-refractivity contribution in [2.24, 2.45) is 15.7 Å². The number of carboxylic acid groups (broad SMARTS) is 2. The summed E-state index contributed by atoms with van der Waals surface area (Å²) in [6.07, 6.45) is 0.427. The molecule has 5 N–H and O–H groups in total. The lowest BCUT2D eigenvalue weighted by atomic mass is 9.89. The molecule has 2 aromatic heterocycles. The van der Waals surface area contributed by atoms with E-state index in [0.717, 1.165) is 27.8 Å². The average molecular weight is 629 g/mol. The first kappa shape index (κ1) is 29.7. The van der Waals surface area contributed by atoms with Crippen LogP contribution >= 0.6 is 34.9 Å². The Labute approximate surface area is 241 Å². The highest BCUT2D eigenvalue weighted by atomic mass is 32.2. The van der Waals surface area contributed by atoms with Crippen LogP contribution in [-0.2, 0) is 35.4 Å². The SMILES string of the molecule is CON=C(C(=O)NC1C(=O)N2CC(CSc3nnnn3CC(=NO)C(=O)O)(C(=O)O)CS[C@H]12)c1csc(NC=O)n1. The van der Waals surface area contributed by atoms with E-state index in [4.69, 9.17) is 15.2 Å². The van der Waals surface area contributed by atoms with Crippen molar-refractivity contribution in [1.29, 1.82) is 0 Å². The van der Waals surface area contributed by atoms with Crippen molar-refractivity contribution >= 4 is 81.6 Å². The van der Waals surface area contributed by atoms with Gasteiger partial charge in [-0.2, -0.15) is 0 Å². The van der Waals surface area contributed by atoms with E-state index in [1.54, 1.807) is 0 Å². The minimum atomic E-state index is -1.49. The van der Waals surface area contributed by atoms with Crippen LogP contribution in [0.1, 0.15) is 5.69 Å². The number of thiazole rings is 1. The van der Waals surface area contributed by atoms with E-state index in [1.165, 1.54) is 29.2 Å². The quantitative estimate of drug-likeness (QED) is 0.0410. The third-order valence-electron chi connectivity index (χ3n) is 5.86. The number of carboxylic acids is 2. The number of thioether (sulfide) groups is 2. The van der Waals surface area contributed by atoms with Crippen LogP contribution < -0.4 is 10.6 Å². The smallest absolute Gasteiger partial charge is 0.355 e. The van der Waals surface area contributed by atoms with E-state index >= 15 is 0 Å². The minimum Gasteiger partial charge on any atom is -0.481 e. The lowest BCUT2D eigenvalue weighted by molar-refractivity contribution is -0.157. The zero-order valence-electron chi connectivity index (χ0n) is 20.7. The van der Waals surface area contributed by atoms with Crippen LogP contribution in [0.4, 0.5) is 5.13 Å². The number of anilines is 1. The molecule has 22 heteroatoms. The maximum atomic E-state index is 13.0. The number of tetrazole rings is 1. The monoisotopic (exact) mass is 628 g/mol. The molecular weight excluding hydrogens is 608 g/mol. The summed E-state index contributed by atoms with van der Waals surface area (Å²) < 4.78 is 1.04. The molecule has 2 saturated heterocycles. The molecule has 0 radical (unpaired) electrons. The number of amides is 3. The minimum absolute atomic E-state index is 0.0714. The number of aliphatic carboxylic acids is 2. The van der Waals surface area contributed by atoms with E-state index in [9.17, 15) is 29.1 Å². The molecule has 0 aromatic carbocycles. The Morgan fingerprint density at radius 1 is 1.37 bits per heavy atom. The molecule has 3 amide bonds. The lowest BCUT2D eigenvalue weighted by Gasteiger charge is -2.53. The summed E-state index contributed by atoms with van der Waals surface area (Å²) in [4.78, 5) is 70.2. The van der Waals surface area contributed by atoms with Gasteiger partial charge in [0.1, 0.15) is 29.6 Å². The standard InChI is InChI=1S/C19H20N10O9S3/c1-38-25-10(9-3-39-17(21-9)20-7-30)12(31)22-11-13(32)28-4-19(16(35)36,5-40-14(11)28)6-41-18-23-26-27-29(18)2-8(24-37)15(33)34/h3,7,11,14,37H,2,4-6H2,1H3,(H,22,31)(H,33,34)(H,35,36)(H,20,21,30)/t11?,14-,19?/m1/s1. The van der Waals surface area contributed by atoms with Gasteiger partial charge in [-0.25, -0.2) is 14.5 Å². The second-order valence-corrected chi connectivity index (χ2v) is 11.3. The Kier molecular flexibility index (Phi) is 9.02. The van der Waals surface area contributed by atoms with Gasteiger partial charge in [0.2, 0.25) is 17.5 Å². The van der Waals surface area contributed by atoms with Gasteiger partial charge in [0.15, 0.2) is 16.6 Å². The highest BCUT2D eigenvalue weighted by molar-refractivity contribution is 8.00. The lowest BCUT2D eigenvalue weighted by Crippen LogP contribution is -2.74. The molecule has 0 spiro atoms. The summed E-state index contributed by atoms with van der Waals surface area (Å²) in [5.41, 5.74) is -2.15. The summed E-state index contributed by atoms with van der Waals surface area (Å²) in [6.45, 7) is -0.627. The second kappa shape index (κ2) is 12.5. The summed E-state index contributed by atoms with van der Waals surface area (Å²) in [7, 11) is 1.23. The van der Waals surface area contributed by atoms with Crippen molar-refractivity contribution in [3.63, 3.8) is 0 Å². The first-order valence-corrected chi connectivity index (χ1v) is 14.1. The van der Waals surface area contributed by atoms with Gasteiger partial charge in [0.25, 0.3) is 5.91 Å². The van der Waals surface area contributed by atoms with Gasteiger partial charge in [0, 0.05) is 23.4 Å². The van der Waals surface area contributed by atoms with Crippen LogP contribution in [-0.4, -0.2) is 124 Å². The zero-order chi connectivity index (χ0) is 29.7. The van der Waals surface area contributed by atoms with Crippen LogP contribution in [0.5, 0.6) is 0 Å². The predicted molar refractivity (Wildman–Crippen MR) is 141 cm³/mol. The van der Waals surface area contributed by atoms with E-state index in [1.807, 2.05) is 0 Å². The summed E-state index contributed by atoms with van der Waals surface area (Å²) in [6, 6.07) is -0.959. The number of aromatic nitrogens is 5. The van der Waals surface area contributed by atoms with E-state index < -0.39 is 52.8 Å². The second-order valence-electron chi connectivity index (χ2n) is 8.39. The molecule has 4 heterocycles. The summed E-state index contributed by atoms with van der Waals surface area (Å²) in [5.74, 6) is -3.91. The topological polar surface area (TPSA) is 264 Å². The van der Waals surface area contributed by atoms with Crippen molar-refractivity contribution < 1.29 is 44.2 Å². The van der Waals surface area contributed by atoms with E-state index in [2.05, 4.69) is 41.5 Å². The summed E-state index contributed by atoms with van der Waals surface area (Å²) in [5, 5.41) is 51.5. The average Bonchev–Trinajstić information content (AvgIpc) is 3.61. The number of fused-ring (bicyclic) bond motifs is 1. The molecule has 218 valence electrons. The molecule has 41 heavy (non-hydrogen) atoms. The fraction of sp³-hybridized carbons (Fsp3) is 0.421. The molecular formula is C19H20N10O9S3. The predicted octanol–water partition coefficient (Wildman–Crippen LogP) is -1.77. The molecule has 2 fully saturated rings. The molecule has 2 aromatic rings. The number of hydrogen-bond acceptors (Lipinski definition) is 16. The molecule has 2 unspecified atom stereocenters. The first-order valence-electron chi connectivity index (χ1n) is 11.2. The number of rotatable bonds is 13. The van der Waals surface area contributed by atoms with Crippen LogP contribution in [0.15, 0.2) is 20.8 Å². The van der Waals surface area contributed by atoms with Crippen LogP contribution in [0, 0.1) is 5.41 Å². The first-order chi connectivity index (χ1) is 19.6. The maximum absolute atomic E-state index is 13.0. The Morgan fingerprint density at radius 3 is 2.80 bits per heavy atom. The molecule has 2 aliphatic rings. The van der Waals surface area contributed by atoms with Crippen molar-refractivity contribution in [2.45, 2.75) is 23.1 Å². The Bertz CT molecular complexity index is 1430. The molecule has 19 nitrogen and oxygen atoms in total. The van der Waals surface area contributed by atoms with Crippen LogP contribution in [0.3, 0.4) is 0 Å². The number of oxime groups is 2. The number of nitrogens with one attached hydrogen (secondary N) is 2. The fourth-order valence-electron chi connectivity index (χ4n) is 3.80. The van der Waals surface area contributed by atoms with Crippen molar-refractivity contribution in [3.05, 3.63) is 11.1 Å². The Balaban J connectivity index is 1.41. The largest absolute Gasteiger partial charge is 0.481 e. The van der Waals surface area contributed by atoms with Crippen LogP contribution in [0.25, 0.3) is 0 Å². The highest BCUT2D eigenvalue weighted by Crippen LogP contribution is 2.44. The normalized spacial score (nSPS) is 22.4. The third-order valence-corrected chi connectivity index (χ3v) is 9.46. The molecule has 0 saturated carbocycles. The summed E-state index contributed by atoms with van der Waals surface area (Å²) >= 11 is 3.16. The number of carbonyl (C=O) groups is 5. The van der Waals surface area contributed by atoms with Gasteiger partial charge >= 0.3 is 11.9 Å². The van der Waals surface area contributed by atoms with Crippen molar-refractivity contribution in [2.75, 3.05) is 30.5 Å². The number of hydrogen-bond donors (Lipinski definition) is 5. The molecule has 0 aliphatic carbocycles. The Hall–Kier alpha value is -4.31. The number of nitrogens with zero attached hydrogens (tertiary/aromatic N) is 8.